The molecule has 1 atom stereocenters. The number of hydrogen-bond donors (Lipinski definition) is 1. The number of carbonyl (C=O) groups is 1. The Morgan fingerprint density at radius 3 is 2.44 bits per heavy atom. The van der Waals surface area contributed by atoms with Crippen molar-refractivity contribution in [3.05, 3.63) is 78.1 Å². The third-order valence-corrected chi connectivity index (χ3v) is 4.46. The zero-order valence-electron chi connectivity index (χ0n) is 15.8. The van der Waals surface area contributed by atoms with Crippen molar-refractivity contribution in [2.24, 2.45) is 0 Å². The lowest BCUT2D eigenvalue weighted by molar-refractivity contribution is -0.116. The van der Waals surface area contributed by atoms with E-state index < -0.39 is 0 Å². The van der Waals surface area contributed by atoms with Crippen LogP contribution in [0.3, 0.4) is 0 Å². The van der Waals surface area contributed by atoms with Crippen LogP contribution in [-0.2, 0) is 4.79 Å². The van der Waals surface area contributed by atoms with Gasteiger partial charge in [0.1, 0.15) is 0 Å². The fraction of sp³-hybridized carbons (Fsp3) is 0.227. The number of aromatic nitrogens is 1. The molecule has 0 aliphatic rings. The highest BCUT2D eigenvalue weighted by Crippen LogP contribution is 2.37. The molecule has 27 heavy (non-hydrogen) atoms. The van der Waals surface area contributed by atoms with E-state index in [2.05, 4.69) is 5.32 Å². The molecule has 2 aromatic carbocycles. The van der Waals surface area contributed by atoms with Crippen molar-refractivity contribution in [2.75, 3.05) is 19.5 Å². The van der Waals surface area contributed by atoms with Crippen LogP contribution in [0.2, 0.25) is 0 Å². The number of nitrogens with one attached hydrogen (secondary N) is 1. The smallest absolute Gasteiger partial charge is 0.226 e. The van der Waals surface area contributed by atoms with Gasteiger partial charge < -0.3 is 19.4 Å². The van der Waals surface area contributed by atoms with E-state index in [-0.39, 0.29) is 18.4 Å². The molecule has 0 bridgehead atoms. The summed E-state index contributed by atoms with van der Waals surface area (Å²) < 4.78 is 13.0. The number of nitrogens with zero attached hydrogens (tertiary/aromatic N) is 1. The van der Waals surface area contributed by atoms with Gasteiger partial charge >= 0.3 is 0 Å². The van der Waals surface area contributed by atoms with Gasteiger partial charge in [-0.3, -0.25) is 4.79 Å². The lowest BCUT2D eigenvalue weighted by Gasteiger charge is -2.22. The van der Waals surface area contributed by atoms with Crippen molar-refractivity contribution in [3.8, 4) is 11.5 Å². The highest BCUT2D eigenvalue weighted by molar-refractivity contribution is 5.91. The minimum Gasteiger partial charge on any atom is -0.493 e. The molecule has 0 spiro atoms. The van der Waals surface area contributed by atoms with Crippen LogP contribution in [0.15, 0.2) is 67.0 Å². The lowest BCUT2D eigenvalue weighted by atomic mass is 10.0. The molecule has 1 N–H and O–H groups in total. The summed E-state index contributed by atoms with van der Waals surface area (Å²) in [5.41, 5.74) is 2.79. The first-order valence-corrected chi connectivity index (χ1v) is 8.82. The van der Waals surface area contributed by atoms with Gasteiger partial charge in [-0.2, -0.15) is 0 Å². The standard InChI is InChI=1S/C22H24N2O3/c1-16-8-6-9-17(14-16)23-21(25)15-19(24-12-4-5-13-24)18-10-7-11-20(26-2)22(18)27-3/h4-14,19H,15H2,1-3H3,(H,23,25)/t19-/m0/s1. The minimum absolute atomic E-state index is 0.0656. The number of benzene rings is 2. The molecule has 5 nitrogen and oxygen atoms in total. The molecule has 0 fully saturated rings. The summed E-state index contributed by atoms with van der Waals surface area (Å²) in [7, 11) is 3.22. The second-order valence-corrected chi connectivity index (χ2v) is 6.35. The van der Waals surface area contributed by atoms with Crippen molar-refractivity contribution < 1.29 is 14.3 Å². The molecule has 1 amide bonds. The van der Waals surface area contributed by atoms with E-state index in [0.717, 1.165) is 16.8 Å². The lowest BCUT2D eigenvalue weighted by Crippen LogP contribution is -2.20. The first kappa shape index (κ1) is 18.6. The van der Waals surface area contributed by atoms with E-state index in [0.29, 0.717) is 11.5 Å². The Hall–Kier alpha value is -3.21. The molecular weight excluding hydrogens is 340 g/mol. The van der Waals surface area contributed by atoms with E-state index in [9.17, 15) is 4.79 Å². The molecule has 0 unspecified atom stereocenters. The maximum absolute atomic E-state index is 12.8. The van der Waals surface area contributed by atoms with Crippen LogP contribution in [0, 0.1) is 6.92 Å². The summed E-state index contributed by atoms with van der Waals surface area (Å²) in [5, 5.41) is 2.99. The average molecular weight is 364 g/mol. The largest absolute Gasteiger partial charge is 0.493 e. The average Bonchev–Trinajstić information content (AvgIpc) is 3.20. The number of aryl methyl sites for hydroxylation is 1. The Morgan fingerprint density at radius 1 is 1.04 bits per heavy atom. The molecule has 0 saturated heterocycles. The number of para-hydroxylation sites is 1. The highest BCUT2D eigenvalue weighted by atomic mass is 16.5. The number of hydrogen-bond acceptors (Lipinski definition) is 3. The van der Waals surface area contributed by atoms with Gasteiger partial charge in [-0.15, -0.1) is 0 Å². The topological polar surface area (TPSA) is 52.5 Å². The molecule has 3 rings (SSSR count). The maximum atomic E-state index is 12.8. The predicted molar refractivity (Wildman–Crippen MR) is 107 cm³/mol. The Kier molecular flexibility index (Phi) is 5.81. The maximum Gasteiger partial charge on any atom is 0.226 e. The fourth-order valence-corrected chi connectivity index (χ4v) is 3.22. The normalized spacial score (nSPS) is 11.7. The number of amides is 1. The summed E-state index contributed by atoms with van der Waals surface area (Å²) in [6.45, 7) is 2.00. The number of carbonyl (C=O) groups excluding carboxylic acids is 1. The first-order chi connectivity index (χ1) is 13.1. The summed E-state index contributed by atoms with van der Waals surface area (Å²) in [6, 6.07) is 17.2. The summed E-state index contributed by atoms with van der Waals surface area (Å²) in [4.78, 5) is 12.8. The Morgan fingerprint density at radius 2 is 1.78 bits per heavy atom. The molecule has 0 aliphatic carbocycles. The number of methoxy groups -OCH3 is 2. The number of anilines is 1. The van der Waals surface area contributed by atoms with Crippen molar-refractivity contribution in [2.45, 2.75) is 19.4 Å². The van der Waals surface area contributed by atoms with E-state index >= 15 is 0 Å². The monoisotopic (exact) mass is 364 g/mol. The zero-order valence-corrected chi connectivity index (χ0v) is 15.8. The van der Waals surface area contributed by atoms with Crippen molar-refractivity contribution in [3.63, 3.8) is 0 Å². The minimum atomic E-state index is -0.213. The van der Waals surface area contributed by atoms with Gasteiger partial charge in [0.2, 0.25) is 5.91 Å². The van der Waals surface area contributed by atoms with Crippen LogP contribution in [0.4, 0.5) is 5.69 Å². The second-order valence-electron chi connectivity index (χ2n) is 6.35. The molecule has 3 aromatic rings. The van der Waals surface area contributed by atoms with Crippen molar-refractivity contribution in [1.82, 2.24) is 4.57 Å². The highest BCUT2D eigenvalue weighted by Gasteiger charge is 2.23. The third-order valence-electron chi connectivity index (χ3n) is 4.46. The predicted octanol–water partition coefficient (Wildman–Crippen LogP) is 4.43. The molecule has 0 aliphatic heterocycles. The van der Waals surface area contributed by atoms with Gasteiger partial charge in [-0.25, -0.2) is 0 Å². The molecule has 1 heterocycles. The molecule has 0 radical (unpaired) electrons. The van der Waals surface area contributed by atoms with Crippen LogP contribution in [0.1, 0.15) is 23.6 Å². The second kappa shape index (κ2) is 8.45. The third kappa shape index (κ3) is 4.31. The molecule has 1 aromatic heterocycles. The molecule has 5 heteroatoms. The molecular formula is C22H24N2O3. The van der Waals surface area contributed by atoms with Gasteiger partial charge in [-0.1, -0.05) is 24.3 Å². The van der Waals surface area contributed by atoms with Crippen molar-refractivity contribution in [1.29, 1.82) is 0 Å². The van der Waals surface area contributed by atoms with E-state index in [1.54, 1.807) is 14.2 Å². The summed E-state index contributed by atoms with van der Waals surface area (Å²) >= 11 is 0. The SMILES string of the molecule is COc1cccc([C@H](CC(=O)Nc2cccc(C)c2)n2cccc2)c1OC. The quantitative estimate of drug-likeness (QED) is 0.675. The first-order valence-electron chi connectivity index (χ1n) is 8.82. The fourth-order valence-electron chi connectivity index (χ4n) is 3.22. The van der Waals surface area contributed by atoms with Crippen LogP contribution >= 0.6 is 0 Å². The van der Waals surface area contributed by atoms with Crippen LogP contribution in [-0.4, -0.2) is 24.7 Å². The zero-order chi connectivity index (χ0) is 19.2. The van der Waals surface area contributed by atoms with Crippen LogP contribution in [0.5, 0.6) is 11.5 Å². The van der Waals surface area contributed by atoms with Gasteiger partial charge in [-0.05, 0) is 42.8 Å². The summed E-state index contributed by atoms with van der Waals surface area (Å²) in [6.07, 6.45) is 4.17. The number of rotatable bonds is 7. The Balaban J connectivity index is 1.90. The van der Waals surface area contributed by atoms with Gasteiger partial charge in [0.05, 0.1) is 26.7 Å². The molecule has 0 saturated carbocycles. The van der Waals surface area contributed by atoms with Crippen molar-refractivity contribution >= 4 is 11.6 Å². The van der Waals surface area contributed by atoms with E-state index in [1.165, 1.54) is 0 Å². The Labute approximate surface area is 159 Å². The van der Waals surface area contributed by atoms with Gasteiger partial charge in [0, 0.05) is 23.6 Å². The summed E-state index contributed by atoms with van der Waals surface area (Å²) in [5.74, 6) is 1.22. The van der Waals surface area contributed by atoms with Crippen LogP contribution < -0.4 is 14.8 Å². The Bertz CT molecular complexity index is 904. The van der Waals surface area contributed by atoms with Gasteiger partial charge in [0.15, 0.2) is 11.5 Å². The van der Waals surface area contributed by atoms with Gasteiger partial charge in [0.25, 0.3) is 0 Å². The van der Waals surface area contributed by atoms with Crippen LogP contribution in [0.25, 0.3) is 0 Å². The van der Waals surface area contributed by atoms with E-state index in [1.807, 2.05) is 78.5 Å². The molecule has 140 valence electrons. The van der Waals surface area contributed by atoms with E-state index in [4.69, 9.17) is 9.47 Å². The number of ether oxygens (including phenoxy) is 2.